The number of rotatable bonds is 3. The van der Waals surface area contributed by atoms with E-state index in [4.69, 9.17) is 15.6 Å². The van der Waals surface area contributed by atoms with Crippen LogP contribution in [0.15, 0.2) is 18.2 Å². The Morgan fingerprint density at radius 2 is 2.21 bits per heavy atom. The molecule has 1 rings (SSSR count). The van der Waals surface area contributed by atoms with Gasteiger partial charge in [0.25, 0.3) is 0 Å². The highest BCUT2D eigenvalue weighted by atomic mass is 16.5. The van der Waals surface area contributed by atoms with Crippen LogP contribution in [0.5, 0.6) is 0 Å². The molecule has 0 atom stereocenters. The molecule has 0 saturated heterocycles. The molecule has 76 valence electrons. The first-order valence-corrected chi connectivity index (χ1v) is 4.28. The second-order valence-electron chi connectivity index (χ2n) is 2.99. The summed E-state index contributed by atoms with van der Waals surface area (Å²) < 4.78 is 4.74. The molecule has 0 aromatic heterocycles. The normalized spacial score (nSPS) is 9.86. The van der Waals surface area contributed by atoms with Crippen molar-refractivity contribution in [2.75, 3.05) is 18.9 Å². The summed E-state index contributed by atoms with van der Waals surface area (Å²) in [5.41, 5.74) is 7.41. The average Bonchev–Trinajstić information content (AvgIpc) is 2.12. The van der Waals surface area contributed by atoms with Crippen molar-refractivity contribution >= 4 is 11.7 Å². The van der Waals surface area contributed by atoms with Crippen LogP contribution < -0.4 is 5.73 Å². The van der Waals surface area contributed by atoms with Gasteiger partial charge in [0, 0.05) is 5.69 Å². The molecular formula is C10H13NO3. The van der Waals surface area contributed by atoms with Gasteiger partial charge >= 0.3 is 5.97 Å². The SMILES string of the molecule is Cc1cc(N)cc(C(=O)OCCO)c1. The van der Waals surface area contributed by atoms with Gasteiger partial charge in [-0.25, -0.2) is 4.79 Å². The smallest absolute Gasteiger partial charge is 0.338 e. The van der Waals surface area contributed by atoms with Crippen LogP contribution in [0.4, 0.5) is 5.69 Å². The number of aryl methyl sites for hydroxylation is 1. The number of ether oxygens (including phenoxy) is 1. The average molecular weight is 195 g/mol. The maximum Gasteiger partial charge on any atom is 0.338 e. The molecule has 0 unspecified atom stereocenters. The highest BCUT2D eigenvalue weighted by Crippen LogP contribution is 2.12. The van der Waals surface area contributed by atoms with Crippen molar-refractivity contribution in [1.82, 2.24) is 0 Å². The molecule has 0 saturated carbocycles. The van der Waals surface area contributed by atoms with E-state index in [1.165, 1.54) is 0 Å². The van der Waals surface area contributed by atoms with E-state index in [2.05, 4.69) is 0 Å². The first-order chi connectivity index (χ1) is 6.63. The van der Waals surface area contributed by atoms with Gasteiger partial charge in [0.1, 0.15) is 6.61 Å². The molecule has 0 bridgehead atoms. The van der Waals surface area contributed by atoms with E-state index in [9.17, 15) is 4.79 Å². The largest absolute Gasteiger partial charge is 0.460 e. The second kappa shape index (κ2) is 4.62. The van der Waals surface area contributed by atoms with Gasteiger partial charge in [-0.3, -0.25) is 0 Å². The number of anilines is 1. The van der Waals surface area contributed by atoms with Crippen LogP contribution in [-0.4, -0.2) is 24.3 Å². The van der Waals surface area contributed by atoms with Gasteiger partial charge in [-0.1, -0.05) is 0 Å². The number of aliphatic hydroxyl groups excluding tert-OH is 1. The van der Waals surface area contributed by atoms with Gasteiger partial charge < -0.3 is 15.6 Å². The molecule has 0 heterocycles. The van der Waals surface area contributed by atoms with Crippen molar-refractivity contribution < 1.29 is 14.6 Å². The Labute approximate surface area is 82.3 Å². The molecule has 0 amide bonds. The summed E-state index contributed by atoms with van der Waals surface area (Å²) in [5.74, 6) is -0.463. The number of esters is 1. The molecule has 3 N–H and O–H groups in total. The molecule has 0 aliphatic rings. The number of hydrogen-bond donors (Lipinski definition) is 2. The van der Waals surface area contributed by atoms with Crippen molar-refractivity contribution in [2.45, 2.75) is 6.92 Å². The van der Waals surface area contributed by atoms with Crippen LogP contribution >= 0.6 is 0 Å². The molecular weight excluding hydrogens is 182 g/mol. The third-order valence-corrected chi connectivity index (χ3v) is 1.66. The van der Waals surface area contributed by atoms with E-state index < -0.39 is 5.97 Å². The molecule has 0 radical (unpaired) electrons. The van der Waals surface area contributed by atoms with Gasteiger partial charge in [-0.15, -0.1) is 0 Å². The summed E-state index contributed by atoms with van der Waals surface area (Å²) in [4.78, 5) is 11.3. The Bertz CT molecular complexity index is 316. The van der Waals surface area contributed by atoms with Crippen molar-refractivity contribution in [3.05, 3.63) is 29.3 Å². The molecule has 14 heavy (non-hydrogen) atoms. The van der Waals surface area contributed by atoms with Crippen LogP contribution in [0.1, 0.15) is 15.9 Å². The van der Waals surface area contributed by atoms with Gasteiger partial charge in [0.15, 0.2) is 0 Å². The predicted octanol–water partition coefficient (Wildman–Crippen LogP) is 0.726. The molecule has 4 heteroatoms. The van der Waals surface area contributed by atoms with Gasteiger partial charge in [-0.05, 0) is 30.7 Å². The zero-order valence-electron chi connectivity index (χ0n) is 7.99. The number of benzene rings is 1. The summed E-state index contributed by atoms with van der Waals surface area (Å²) in [7, 11) is 0. The number of nitrogens with two attached hydrogens (primary N) is 1. The highest BCUT2D eigenvalue weighted by molar-refractivity contribution is 5.90. The maximum atomic E-state index is 11.3. The lowest BCUT2D eigenvalue weighted by molar-refractivity contribution is 0.0433. The molecule has 1 aromatic rings. The fourth-order valence-electron chi connectivity index (χ4n) is 1.15. The van der Waals surface area contributed by atoms with Crippen LogP contribution in [0, 0.1) is 6.92 Å². The van der Waals surface area contributed by atoms with E-state index >= 15 is 0 Å². The van der Waals surface area contributed by atoms with Crippen LogP contribution in [0.2, 0.25) is 0 Å². The number of nitrogen functional groups attached to an aromatic ring is 1. The Balaban J connectivity index is 2.79. The first kappa shape index (κ1) is 10.5. The van der Waals surface area contributed by atoms with Crippen molar-refractivity contribution in [2.24, 2.45) is 0 Å². The summed E-state index contributed by atoms with van der Waals surface area (Å²) >= 11 is 0. The lowest BCUT2D eigenvalue weighted by atomic mass is 10.1. The number of aliphatic hydroxyl groups is 1. The molecule has 1 aromatic carbocycles. The standard InChI is InChI=1S/C10H13NO3/c1-7-4-8(6-9(11)5-7)10(13)14-3-2-12/h4-6,12H,2-3,11H2,1H3. The van der Waals surface area contributed by atoms with E-state index in [-0.39, 0.29) is 13.2 Å². The molecule has 0 spiro atoms. The second-order valence-corrected chi connectivity index (χ2v) is 2.99. The van der Waals surface area contributed by atoms with Crippen molar-refractivity contribution in [3.63, 3.8) is 0 Å². The van der Waals surface area contributed by atoms with Gasteiger partial charge in [0.05, 0.1) is 12.2 Å². The molecule has 0 aliphatic carbocycles. The maximum absolute atomic E-state index is 11.3. The molecule has 4 nitrogen and oxygen atoms in total. The number of carbonyl (C=O) groups excluding carboxylic acids is 1. The lowest BCUT2D eigenvalue weighted by Crippen LogP contribution is -2.09. The summed E-state index contributed by atoms with van der Waals surface area (Å²) in [6, 6.07) is 5.01. The Kier molecular flexibility index (Phi) is 3.48. The number of hydrogen-bond acceptors (Lipinski definition) is 4. The Morgan fingerprint density at radius 1 is 1.50 bits per heavy atom. The highest BCUT2D eigenvalue weighted by Gasteiger charge is 2.07. The van der Waals surface area contributed by atoms with E-state index in [1.807, 2.05) is 6.92 Å². The van der Waals surface area contributed by atoms with E-state index in [0.29, 0.717) is 11.3 Å². The minimum Gasteiger partial charge on any atom is -0.460 e. The third kappa shape index (κ3) is 2.74. The summed E-state index contributed by atoms with van der Waals surface area (Å²) in [5, 5.41) is 8.47. The van der Waals surface area contributed by atoms with E-state index in [1.54, 1.807) is 18.2 Å². The molecule has 0 aliphatic heterocycles. The van der Waals surface area contributed by atoms with E-state index in [0.717, 1.165) is 5.56 Å². The predicted molar refractivity (Wildman–Crippen MR) is 53.0 cm³/mol. The molecule has 0 fully saturated rings. The number of carbonyl (C=O) groups is 1. The minimum absolute atomic E-state index is 0.00663. The first-order valence-electron chi connectivity index (χ1n) is 4.28. The minimum atomic E-state index is -0.463. The van der Waals surface area contributed by atoms with Crippen LogP contribution in [0.3, 0.4) is 0 Å². The quantitative estimate of drug-likeness (QED) is 0.550. The zero-order chi connectivity index (χ0) is 10.6. The van der Waals surface area contributed by atoms with Gasteiger partial charge in [0.2, 0.25) is 0 Å². The Hall–Kier alpha value is -1.55. The van der Waals surface area contributed by atoms with Gasteiger partial charge in [-0.2, -0.15) is 0 Å². The third-order valence-electron chi connectivity index (χ3n) is 1.66. The lowest BCUT2D eigenvalue weighted by Gasteiger charge is -2.04. The Morgan fingerprint density at radius 3 is 2.79 bits per heavy atom. The fraction of sp³-hybridized carbons (Fsp3) is 0.300. The zero-order valence-corrected chi connectivity index (χ0v) is 7.99. The van der Waals surface area contributed by atoms with Crippen molar-refractivity contribution in [1.29, 1.82) is 0 Å². The van der Waals surface area contributed by atoms with Crippen LogP contribution in [0.25, 0.3) is 0 Å². The topological polar surface area (TPSA) is 72.6 Å². The van der Waals surface area contributed by atoms with Crippen molar-refractivity contribution in [3.8, 4) is 0 Å². The summed E-state index contributed by atoms with van der Waals surface area (Å²) in [6.45, 7) is 1.68. The monoisotopic (exact) mass is 195 g/mol. The summed E-state index contributed by atoms with van der Waals surface area (Å²) in [6.07, 6.45) is 0. The van der Waals surface area contributed by atoms with Crippen LogP contribution in [-0.2, 0) is 4.74 Å². The fourth-order valence-corrected chi connectivity index (χ4v) is 1.15.